The number of nitrogens with zero attached hydrogens (tertiary/aromatic N) is 3. The summed E-state index contributed by atoms with van der Waals surface area (Å²) in [6.45, 7) is 15.9. The number of amides is 2. The third-order valence-electron chi connectivity index (χ3n) is 10.6. The van der Waals surface area contributed by atoms with Crippen molar-refractivity contribution in [2.24, 2.45) is 28.3 Å². The summed E-state index contributed by atoms with van der Waals surface area (Å²) >= 11 is 1.49. The van der Waals surface area contributed by atoms with E-state index in [1.165, 1.54) is 34.4 Å². The number of likely N-dealkylation sites (N-methyl/N-ethyl adjacent to an activating group) is 1. The zero-order valence-electron chi connectivity index (χ0n) is 30.9. The first-order valence-electron chi connectivity index (χ1n) is 17.5. The van der Waals surface area contributed by atoms with E-state index in [1.807, 2.05) is 6.92 Å². The van der Waals surface area contributed by atoms with Gasteiger partial charge < -0.3 is 24.5 Å². The maximum Gasteiger partial charge on any atom is 0.410 e. The third-order valence-corrected chi connectivity index (χ3v) is 11.4. The van der Waals surface area contributed by atoms with Crippen molar-refractivity contribution >= 4 is 40.1 Å². The smallest absolute Gasteiger partial charge is 0.410 e. The van der Waals surface area contributed by atoms with Gasteiger partial charge in [-0.05, 0) is 112 Å². The Bertz CT molecular complexity index is 1600. The summed E-state index contributed by atoms with van der Waals surface area (Å²) in [5, 5.41) is 8.21. The molecule has 10 nitrogen and oxygen atoms in total. The first-order chi connectivity index (χ1) is 22.9. The number of aromatic nitrogens is 1. The van der Waals surface area contributed by atoms with Gasteiger partial charge in [0.2, 0.25) is 5.91 Å². The van der Waals surface area contributed by atoms with E-state index in [4.69, 9.17) is 14.3 Å². The molecule has 1 N–H and O–H groups in total. The third kappa shape index (κ3) is 8.13. The molecule has 2 fully saturated rings. The Balaban J connectivity index is 1.38. The highest BCUT2D eigenvalue weighted by atomic mass is 32.1. The van der Waals surface area contributed by atoms with E-state index in [0.717, 1.165) is 54.7 Å². The minimum absolute atomic E-state index is 0.00344. The monoisotopic (exact) mass is 694 g/mol. The van der Waals surface area contributed by atoms with Crippen LogP contribution in [0.15, 0.2) is 23.5 Å². The lowest BCUT2D eigenvalue weighted by Crippen LogP contribution is -2.44. The Kier molecular flexibility index (Phi) is 10.5. The first kappa shape index (κ1) is 36.8. The van der Waals surface area contributed by atoms with Gasteiger partial charge in [-0.25, -0.2) is 14.6 Å². The summed E-state index contributed by atoms with van der Waals surface area (Å²) in [6.07, 6.45) is 7.21. The van der Waals surface area contributed by atoms with E-state index in [1.54, 1.807) is 34.1 Å². The highest BCUT2D eigenvalue weighted by Gasteiger charge is 2.57. The highest BCUT2D eigenvalue weighted by Crippen LogP contribution is 2.63. The number of aryl methyl sites for hydroxylation is 2. The predicted molar refractivity (Wildman–Crippen MR) is 192 cm³/mol. The van der Waals surface area contributed by atoms with Crippen LogP contribution in [0, 0.1) is 30.1 Å². The molecule has 3 unspecified atom stereocenters. The van der Waals surface area contributed by atoms with E-state index in [2.05, 4.69) is 55.3 Å². The van der Waals surface area contributed by atoms with Gasteiger partial charge in [0.25, 0.3) is 0 Å². The molecule has 2 aromatic rings. The van der Waals surface area contributed by atoms with Crippen molar-refractivity contribution in [3.63, 3.8) is 0 Å². The standard InChI is InChI=1S/C38H54N4O6S/c1-22-20-39-34(49-22)40-31(43)14-12-24-18-30(41-46-10)38(8)16-15-25-26(33(24)38)13-11-23-17-29(28(19-27(23)25)36(2,3)4)47-32(44)21-42(9)35(45)48-37(5,6)7/h17,19-20,24-26,33H,11-16,18,21H2,1-10H3,(H,39,40,43)/b41-30+/t24-,25?,26?,33?,38-/m1/s1. The lowest BCUT2D eigenvalue weighted by atomic mass is 9.53. The van der Waals surface area contributed by atoms with Gasteiger partial charge in [0.1, 0.15) is 25.0 Å². The number of nitrogens with one attached hydrogen (secondary N) is 1. The molecular formula is C38H54N4O6S. The Hall–Kier alpha value is -3.47. The number of esters is 1. The summed E-state index contributed by atoms with van der Waals surface area (Å²) in [4.78, 5) is 50.6. The molecule has 0 aliphatic heterocycles. The number of hydrogen-bond acceptors (Lipinski definition) is 9. The minimum atomic E-state index is -0.659. The van der Waals surface area contributed by atoms with Crippen LogP contribution in [-0.2, 0) is 31.0 Å². The van der Waals surface area contributed by atoms with Gasteiger partial charge in [-0.2, -0.15) is 0 Å². The molecule has 0 spiro atoms. The van der Waals surface area contributed by atoms with E-state index in [0.29, 0.717) is 41.0 Å². The number of fused-ring (bicyclic) bond motifs is 5. The van der Waals surface area contributed by atoms with Crippen LogP contribution in [0.5, 0.6) is 5.75 Å². The quantitative estimate of drug-likeness (QED) is 0.169. The SMILES string of the molecule is CO/N=C1\C[C@@H](CCC(=O)Nc2ncc(C)s2)C2C3CCc4cc(OC(=O)CN(C)C(=O)OC(C)(C)C)c(C(C)(C)C)cc4C3CC[C@]12C. The molecule has 1 heterocycles. The molecule has 49 heavy (non-hydrogen) atoms. The van der Waals surface area contributed by atoms with Gasteiger partial charge in [0, 0.05) is 35.5 Å². The summed E-state index contributed by atoms with van der Waals surface area (Å²) in [5.74, 6) is 1.56. The number of anilines is 1. The molecule has 3 aliphatic rings. The molecule has 5 rings (SSSR count). The van der Waals surface area contributed by atoms with Crippen LogP contribution >= 0.6 is 11.3 Å². The van der Waals surface area contributed by atoms with Crippen molar-refractivity contribution in [3.8, 4) is 5.75 Å². The Labute approximate surface area is 295 Å². The second-order valence-corrected chi connectivity index (χ2v) is 17.7. The van der Waals surface area contributed by atoms with Gasteiger partial charge >= 0.3 is 12.1 Å². The average Bonchev–Trinajstić information content (AvgIpc) is 3.53. The summed E-state index contributed by atoms with van der Waals surface area (Å²) in [6, 6.07) is 4.35. The zero-order valence-corrected chi connectivity index (χ0v) is 31.7. The van der Waals surface area contributed by atoms with Crippen LogP contribution in [0.2, 0.25) is 0 Å². The van der Waals surface area contributed by atoms with Crippen LogP contribution in [0.3, 0.4) is 0 Å². The van der Waals surface area contributed by atoms with Gasteiger partial charge in [-0.1, -0.05) is 38.9 Å². The number of thiazole rings is 1. The van der Waals surface area contributed by atoms with Crippen molar-refractivity contribution in [3.05, 3.63) is 39.9 Å². The molecule has 0 radical (unpaired) electrons. The van der Waals surface area contributed by atoms with Crippen molar-refractivity contribution in [1.82, 2.24) is 9.88 Å². The van der Waals surface area contributed by atoms with Crippen molar-refractivity contribution < 1.29 is 28.7 Å². The molecule has 0 bridgehead atoms. The van der Waals surface area contributed by atoms with E-state index >= 15 is 0 Å². The van der Waals surface area contributed by atoms with Crippen LogP contribution in [0.25, 0.3) is 0 Å². The van der Waals surface area contributed by atoms with Crippen molar-refractivity contribution in [1.29, 1.82) is 0 Å². The fourth-order valence-electron chi connectivity index (χ4n) is 8.53. The van der Waals surface area contributed by atoms with Crippen LogP contribution in [0.1, 0.15) is 114 Å². The first-order valence-corrected chi connectivity index (χ1v) is 18.4. The van der Waals surface area contributed by atoms with E-state index < -0.39 is 17.7 Å². The zero-order chi connectivity index (χ0) is 35.9. The summed E-state index contributed by atoms with van der Waals surface area (Å²) in [5.41, 5.74) is 3.65. The minimum Gasteiger partial charge on any atom is -0.444 e. The van der Waals surface area contributed by atoms with Gasteiger partial charge in [0.05, 0.1) is 5.71 Å². The number of rotatable bonds is 8. The Morgan fingerprint density at radius 2 is 1.88 bits per heavy atom. The number of carbonyl (C=O) groups is 3. The lowest BCUT2D eigenvalue weighted by molar-refractivity contribution is -0.135. The van der Waals surface area contributed by atoms with Gasteiger partial charge in [-0.3, -0.25) is 4.79 Å². The number of ether oxygens (including phenoxy) is 2. The predicted octanol–water partition coefficient (Wildman–Crippen LogP) is 8.02. The molecule has 5 atom stereocenters. The summed E-state index contributed by atoms with van der Waals surface area (Å²) in [7, 11) is 3.16. The van der Waals surface area contributed by atoms with E-state index in [-0.39, 0.29) is 23.3 Å². The van der Waals surface area contributed by atoms with Crippen molar-refractivity contribution in [2.75, 3.05) is 26.0 Å². The topological polar surface area (TPSA) is 119 Å². The largest absolute Gasteiger partial charge is 0.444 e. The lowest BCUT2D eigenvalue weighted by Gasteiger charge is -2.50. The maximum absolute atomic E-state index is 13.1. The maximum atomic E-state index is 13.1. The van der Waals surface area contributed by atoms with Crippen LogP contribution in [0.4, 0.5) is 9.93 Å². The number of hydrogen-bond donors (Lipinski definition) is 1. The normalized spacial score (nSPS) is 25.6. The van der Waals surface area contributed by atoms with Crippen molar-refractivity contribution in [2.45, 2.75) is 117 Å². The number of benzene rings is 1. The molecule has 2 amide bonds. The second-order valence-electron chi connectivity index (χ2n) is 16.4. The molecule has 268 valence electrons. The number of carbonyl (C=O) groups excluding carboxylic acids is 3. The van der Waals surface area contributed by atoms with Crippen LogP contribution < -0.4 is 10.1 Å². The molecule has 1 aromatic carbocycles. The van der Waals surface area contributed by atoms with E-state index in [9.17, 15) is 14.4 Å². The van der Waals surface area contributed by atoms with Gasteiger partial charge in [0.15, 0.2) is 5.13 Å². The molecular weight excluding hydrogens is 641 g/mol. The second kappa shape index (κ2) is 14.0. The molecule has 1 aromatic heterocycles. The molecule has 0 saturated heterocycles. The Morgan fingerprint density at radius 3 is 2.51 bits per heavy atom. The number of oxime groups is 1. The Morgan fingerprint density at radius 1 is 1.14 bits per heavy atom. The fraction of sp³-hybridized carbons (Fsp3) is 0.658. The highest BCUT2D eigenvalue weighted by molar-refractivity contribution is 7.15. The summed E-state index contributed by atoms with van der Waals surface area (Å²) < 4.78 is 11.4. The molecule has 11 heteroatoms. The van der Waals surface area contributed by atoms with Crippen LogP contribution in [-0.4, -0.2) is 59.9 Å². The van der Waals surface area contributed by atoms with Gasteiger partial charge in [-0.15, -0.1) is 11.3 Å². The molecule has 3 aliphatic carbocycles. The average molecular weight is 695 g/mol. The fourth-order valence-corrected chi connectivity index (χ4v) is 9.21. The molecule has 2 saturated carbocycles.